The number of piperazine rings is 1. The van der Waals surface area contributed by atoms with E-state index in [1.54, 1.807) is 12.1 Å². The minimum Gasteiger partial charge on any atom is -0.348 e. The number of rotatable bonds is 7. The van der Waals surface area contributed by atoms with Crippen LogP contribution in [0.15, 0.2) is 24.3 Å². The van der Waals surface area contributed by atoms with Gasteiger partial charge < -0.3 is 20.4 Å². The molecule has 2 amide bonds. The zero-order valence-corrected chi connectivity index (χ0v) is 15.9. The quantitative estimate of drug-likeness (QED) is 0.485. The Morgan fingerprint density at radius 1 is 0.962 bits per heavy atom. The van der Waals surface area contributed by atoms with Crippen LogP contribution in [0.5, 0.6) is 0 Å². The lowest BCUT2D eigenvalue weighted by Gasteiger charge is -2.29. The molecule has 1 aromatic carbocycles. The number of hydrogen-bond acceptors (Lipinski definition) is 2. The van der Waals surface area contributed by atoms with Crippen molar-refractivity contribution in [1.29, 1.82) is 0 Å². The molecule has 0 saturated carbocycles. The molecule has 0 bridgehead atoms. The number of benzene rings is 1. The predicted molar refractivity (Wildman–Crippen MR) is 98.6 cm³/mol. The molecule has 2 rings (SSSR count). The van der Waals surface area contributed by atoms with Gasteiger partial charge in [-0.3, -0.25) is 9.59 Å². The van der Waals surface area contributed by atoms with Gasteiger partial charge in [-0.05, 0) is 37.1 Å². The van der Waals surface area contributed by atoms with E-state index < -0.39 is 0 Å². The van der Waals surface area contributed by atoms with E-state index in [1.807, 2.05) is 6.92 Å². The van der Waals surface area contributed by atoms with Gasteiger partial charge in [-0.15, -0.1) is 0 Å². The minimum atomic E-state index is -0.320. The molecule has 144 valence electrons. The van der Waals surface area contributed by atoms with Gasteiger partial charge >= 0.3 is 0 Å². The average molecular weight is 366 g/mol. The molecule has 1 heterocycles. The number of amides is 2. The number of anilines is 1. The van der Waals surface area contributed by atoms with Gasteiger partial charge in [0.25, 0.3) is 11.8 Å². The second-order valence-corrected chi connectivity index (χ2v) is 7.51. The van der Waals surface area contributed by atoms with Crippen molar-refractivity contribution < 1.29 is 23.8 Å². The summed E-state index contributed by atoms with van der Waals surface area (Å²) in [6, 6.07) is 5.96. The van der Waals surface area contributed by atoms with Crippen LogP contribution in [0.2, 0.25) is 0 Å². The summed E-state index contributed by atoms with van der Waals surface area (Å²) in [5.41, 5.74) is 0.607. The molecule has 0 spiro atoms. The van der Waals surface area contributed by atoms with Crippen molar-refractivity contribution in [1.82, 2.24) is 5.32 Å². The summed E-state index contributed by atoms with van der Waals surface area (Å²) < 4.78 is 12.9. The van der Waals surface area contributed by atoms with E-state index in [2.05, 4.69) is 24.5 Å². The summed E-state index contributed by atoms with van der Waals surface area (Å²) in [4.78, 5) is 26.7. The highest BCUT2D eigenvalue weighted by Crippen LogP contribution is 2.07. The SMILES string of the molecule is CC(C)[C@H](C)NC(=O)C[NH+]1CC[NH+](CC(=O)Nc2ccc(F)cc2)CC1. The van der Waals surface area contributed by atoms with E-state index in [0.717, 1.165) is 26.2 Å². The van der Waals surface area contributed by atoms with Crippen LogP contribution >= 0.6 is 0 Å². The molecule has 7 heteroatoms. The molecule has 0 radical (unpaired) electrons. The van der Waals surface area contributed by atoms with E-state index in [4.69, 9.17) is 0 Å². The summed E-state index contributed by atoms with van der Waals surface area (Å²) in [5, 5.41) is 5.84. The maximum atomic E-state index is 12.9. The number of carbonyl (C=O) groups is 2. The van der Waals surface area contributed by atoms with Crippen LogP contribution in [0.1, 0.15) is 20.8 Å². The normalized spacial score (nSPS) is 21.3. The molecule has 0 unspecified atom stereocenters. The number of nitrogens with one attached hydrogen (secondary N) is 4. The van der Waals surface area contributed by atoms with Gasteiger partial charge in [0.15, 0.2) is 13.1 Å². The molecular formula is C19H31FN4O2+2. The van der Waals surface area contributed by atoms with Gasteiger partial charge in [-0.25, -0.2) is 4.39 Å². The van der Waals surface area contributed by atoms with Crippen LogP contribution in [-0.4, -0.2) is 57.1 Å². The van der Waals surface area contributed by atoms with E-state index in [0.29, 0.717) is 24.7 Å². The molecule has 0 aliphatic carbocycles. The molecule has 4 N–H and O–H groups in total. The zero-order chi connectivity index (χ0) is 19.1. The molecule has 1 aromatic rings. The highest BCUT2D eigenvalue weighted by molar-refractivity contribution is 5.91. The van der Waals surface area contributed by atoms with Crippen molar-refractivity contribution in [2.45, 2.75) is 26.8 Å². The Morgan fingerprint density at radius 3 is 1.96 bits per heavy atom. The van der Waals surface area contributed by atoms with E-state index in [9.17, 15) is 14.0 Å². The number of halogens is 1. The maximum Gasteiger partial charge on any atom is 0.279 e. The summed E-state index contributed by atoms with van der Waals surface area (Å²) in [5.74, 6) is 0.131. The molecule has 1 fully saturated rings. The van der Waals surface area contributed by atoms with E-state index in [-0.39, 0.29) is 23.7 Å². The fourth-order valence-electron chi connectivity index (χ4n) is 2.97. The van der Waals surface area contributed by atoms with Crippen LogP contribution < -0.4 is 20.4 Å². The van der Waals surface area contributed by atoms with Crippen molar-refractivity contribution in [2.24, 2.45) is 5.92 Å². The summed E-state index contributed by atoms with van der Waals surface area (Å²) >= 11 is 0. The molecule has 0 aromatic heterocycles. The molecule has 26 heavy (non-hydrogen) atoms. The lowest BCUT2D eigenvalue weighted by molar-refractivity contribution is -1.00. The fraction of sp³-hybridized carbons (Fsp3) is 0.579. The van der Waals surface area contributed by atoms with Crippen molar-refractivity contribution >= 4 is 17.5 Å². The summed E-state index contributed by atoms with van der Waals surface area (Å²) in [6.07, 6.45) is 0. The molecule has 1 saturated heterocycles. The standard InChI is InChI=1S/C19H29FN4O2/c1-14(2)15(3)21-18(25)12-23-8-10-24(11-9-23)13-19(26)22-17-6-4-16(20)5-7-17/h4-7,14-15H,8-13H2,1-3H3,(H,21,25)(H,22,26)/p+2/t15-/m0/s1. The first-order valence-electron chi connectivity index (χ1n) is 9.35. The minimum absolute atomic E-state index is 0.0708. The van der Waals surface area contributed by atoms with Gasteiger partial charge in [-0.2, -0.15) is 0 Å². The highest BCUT2D eigenvalue weighted by Gasteiger charge is 2.26. The Bertz CT molecular complexity index is 598. The first-order chi connectivity index (χ1) is 12.3. The predicted octanol–water partition coefficient (Wildman–Crippen LogP) is -1.29. The molecular weight excluding hydrogens is 335 g/mol. The van der Waals surface area contributed by atoms with Gasteiger partial charge in [0.05, 0.1) is 0 Å². The van der Waals surface area contributed by atoms with Crippen LogP contribution in [0.25, 0.3) is 0 Å². The third-order valence-corrected chi connectivity index (χ3v) is 5.00. The Hall–Kier alpha value is -1.99. The largest absolute Gasteiger partial charge is 0.348 e. The van der Waals surface area contributed by atoms with Crippen LogP contribution in [0.4, 0.5) is 10.1 Å². The zero-order valence-electron chi connectivity index (χ0n) is 15.9. The van der Waals surface area contributed by atoms with E-state index in [1.165, 1.54) is 21.9 Å². The smallest absolute Gasteiger partial charge is 0.279 e. The second-order valence-electron chi connectivity index (χ2n) is 7.51. The Labute approximate surface area is 154 Å². The van der Waals surface area contributed by atoms with Crippen molar-refractivity contribution in [3.05, 3.63) is 30.1 Å². The summed E-state index contributed by atoms with van der Waals surface area (Å²) in [6.45, 7) is 10.6. The summed E-state index contributed by atoms with van der Waals surface area (Å²) in [7, 11) is 0. The third kappa shape index (κ3) is 6.72. The molecule has 1 aliphatic rings. The first kappa shape index (κ1) is 20.3. The number of hydrogen-bond donors (Lipinski definition) is 4. The fourth-order valence-corrected chi connectivity index (χ4v) is 2.97. The molecule has 1 atom stereocenters. The van der Waals surface area contributed by atoms with Gasteiger partial charge in [0, 0.05) is 11.7 Å². The van der Waals surface area contributed by atoms with Gasteiger partial charge in [0.1, 0.15) is 32.0 Å². The number of quaternary nitrogens is 2. The highest BCUT2D eigenvalue weighted by atomic mass is 19.1. The lowest BCUT2D eigenvalue weighted by Crippen LogP contribution is -3.28. The average Bonchev–Trinajstić information content (AvgIpc) is 2.58. The Kier molecular flexibility index (Phi) is 7.53. The molecule has 6 nitrogen and oxygen atoms in total. The van der Waals surface area contributed by atoms with Gasteiger partial charge in [0.2, 0.25) is 0 Å². The van der Waals surface area contributed by atoms with E-state index >= 15 is 0 Å². The van der Waals surface area contributed by atoms with Crippen molar-refractivity contribution in [3.8, 4) is 0 Å². The second kappa shape index (κ2) is 9.64. The first-order valence-corrected chi connectivity index (χ1v) is 9.35. The lowest BCUT2D eigenvalue weighted by atomic mass is 10.1. The van der Waals surface area contributed by atoms with Crippen LogP contribution in [0, 0.1) is 11.7 Å². The Balaban J connectivity index is 1.68. The van der Waals surface area contributed by atoms with Crippen LogP contribution in [0.3, 0.4) is 0 Å². The maximum absolute atomic E-state index is 12.9. The third-order valence-electron chi connectivity index (χ3n) is 5.00. The van der Waals surface area contributed by atoms with Gasteiger partial charge in [-0.1, -0.05) is 13.8 Å². The molecule has 1 aliphatic heterocycles. The van der Waals surface area contributed by atoms with Crippen LogP contribution in [-0.2, 0) is 9.59 Å². The Morgan fingerprint density at radius 2 is 1.46 bits per heavy atom. The number of carbonyl (C=O) groups excluding carboxylic acids is 2. The topological polar surface area (TPSA) is 67.1 Å². The monoisotopic (exact) mass is 366 g/mol. The van der Waals surface area contributed by atoms with Crippen molar-refractivity contribution in [3.63, 3.8) is 0 Å². The van der Waals surface area contributed by atoms with Crippen molar-refractivity contribution in [2.75, 3.05) is 44.6 Å².